The maximum absolute atomic E-state index is 12.0. The average Bonchev–Trinajstić information content (AvgIpc) is 2.39. The number of hydrogen-bond acceptors (Lipinski definition) is 4. The molecular formula is C15H20N2O3. The minimum absolute atomic E-state index is 0.0372. The van der Waals surface area contributed by atoms with E-state index in [1.165, 1.54) is 0 Å². The van der Waals surface area contributed by atoms with Crippen molar-refractivity contribution in [3.05, 3.63) is 29.6 Å². The van der Waals surface area contributed by atoms with Crippen molar-refractivity contribution in [1.82, 2.24) is 10.3 Å². The number of methoxy groups -OCH3 is 1. The molecule has 1 amide bonds. The lowest BCUT2D eigenvalue weighted by atomic mass is 10.1. The maximum atomic E-state index is 12.0. The Kier molecular flexibility index (Phi) is 6.16. The number of pyridine rings is 1. The van der Waals surface area contributed by atoms with E-state index in [2.05, 4.69) is 22.1 Å². The van der Waals surface area contributed by atoms with Crippen molar-refractivity contribution >= 4 is 5.91 Å². The molecule has 108 valence electrons. The normalized spacial score (nSPS) is 10.6. The third kappa shape index (κ3) is 5.39. The summed E-state index contributed by atoms with van der Waals surface area (Å²) in [6, 6.07) is 3.36. The molecule has 2 N–H and O–H groups in total. The molecule has 0 saturated carbocycles. The topological polar surface area (TPSA) is 71.5 Å². The van der Waals surface area contributed by atoms with E-state index in [-0.39, 0.29) is 12.5 Å². The second kappa shape index (κ2) is 7.63. The van der Waals surface area contributed by atoms with Crippen molar-refractivity contribution in [3.63, 3.8) is 0 Å². The fourth-order valence-corrected chi connectivity index (χ4v) is 1.59. The van der Waals surface area contributed by atoms with Gasteiger partial charge in [0.05, 0.1) is 18.8 Å². The SMILES string of the molecule is COCC(C)(C)NC(=O)c1ccc(C#CCCO)cn1. The van der Waals surface area contributed by atoms with Gasteiger partial charge >= 0.3 is 0 Å². The number of carbonyl (C=O) groups excluding carboxylic acids is 1. The molecule has 0 spiro atoms. The molecule has 5 heteroatoms. The lowest BCUT2D eigenvalue weighted by molar-refractivity contribution is 0.0815. The molecule has 0 aromatic carbocycles. The Hall–Kier alpha value is -1.90. The number of aliphatic hydroxyl groups is 1. The molecule has 5 nitrogen and oxygen atoms in total. The van der Waals surface area contributed by atoms with Gasteiger partial charge in [-0.15, -0.1) is 0 Å². The quantitative estimate of drug-likeness (QED) is 0.786. The summed E-state index contributed by atoms with van der Waals surface area (Å²) in [7, 11) is 1.59. The van der Waals surface area contributed by atoms with E-state index in [4.69, 9.17) is 9.84 Å². The second-order valence-corrected chi connectivity index (χ2v) is 4.98. The third-order valence-corrected chi connectivity index (χ3v) is 2.42. The highest BCUT2D eigenvalue weighted by Crippen LogP contribution is 2.05. The van der Waals surface area contributed by atoms with Gasteiger partial charge in [-0.25, -0.2) is 4.98 Å². The van der Waals surface area contributed by atoms with E-state index < -0.39 is 5.54 Å². The van der Waals surface area contributed by atoms with Crippen LogP contribution in [0.1, 0.15) is 36.3 Å². The van der Waals surface area contributed by atoms with E-state index in [1.807, 2.05) is 13.8 Å². The summed E-state index contributed by atoms with van der Waals surface area (Å²) < 4.78 is 5.04. The number of hydrogen-bond donors (Lipinski definition) is 2. The molecule has 1 aromatic heterocycles. The molecule has 0 radical (unpaired) electrons. The van der Waals surface area contributed by atoms with Crippen LogP contribution in [0.3, 0.4) is 0 Å². The summed E-state index contributed by atoms with van der Waals surface area (Å²) in [5.41, 5.74) is 0.598. The smallest absolute Gasteiger partial charge is 0.270 e. The summed E-state index contributed by atoms with van der Waals surface area (Å²) in [6.07, 6.45) is 1.97. The van der Waals surface area contributed by atoms with Crippen molar-refractivity contribution in [3.8, 4) is 11.8 Å². The molecular weight excluding hydrogens is 256 g/mol. The van der Waals surface area contributed by atoms with Crippen molar-refractivity contribution in [2.24, 2.45) is 0 Å². The number of nitrogens with zero attached hydrogens (tertiary/aromatic N) is 1. The Bertz CT molecular complexity index is 498. The van der Waals surface area contributed by atoms with Crippen molar-refractivity contribution in [1.29, 1.82) is 0 Å². The Morgan fingerprint density at radius 1 is 1.50 bits per heavy atom. The molecule has 1 heterocycles. The zero-order valence-corrected chi connectivity index (χ0v) is 12.1. The average molecular weight is 276 g/mol. The van der Waals surface area contributed by atoms with Gasteiger partial charge in [-0.05, 0) is 26.0 Å². The zero-order chi connectivity index (χ0) is 15.0. The fraction of sp³-hybridized carbons (Fsp3) is 0.467. The molecule has 0 aliphatic carbocycles. The first kappa shape index (κ1) is 16.2. The van der Waals surface area contributed by atoms with Crippen LogP contribution in [0.5, 0.6) is 0 Å². The van der Waals surface area contributed by atoms with Gasteiger partial charge in [-0.3, -0.25) is 4.79 Å². The highest BCUT2D eigenvalue weighted by atomic mass is 16.5. The summed E-state index contributed by atoms with van der Waals surface area (Å²) in [5, 5.41) is 11.5. The van der Waals surface area contributed by atoms with Crippen LogP contribution >= 0.6 is 0 Å². The number of rotatable bonds is 5. The van der Waals surface area contributed by atoms with E-state index in [0.29, 0.717) is 24.3 Å². The van der Waals surface area contributed by atoms with Gasteiger partial charge in [0.1, 0.15) is 5.69 Å². The molecule has 0 aliphatic rings. The van der Waals surface area contributed by atoms with Crippen LogP contribution in [0.15, 0.2) is 18.3 Å². The highest BCUT2D eigenvalue weighted by molar-refractivity contribution is 5.92. The summed E-state index contributed by atoms with van der Waals surface area (Å²) >= 11 is 0. The molecule has 1 rings (SSSR count). The number of aliphatic hydroxyl groups excluding tert-OH is 1. The molecule has 0 bridgehead atoms. The summed E-state index contributed by atoms with van der Waals surface area (Å²) in [6.45, 7) is 4.21. The largest absolute Gasteiger partial charge is 0.395 e. The second-order valence-electron chi connectivity index (χ2n) is 4.98. The molecule has 20 heavy (non-hydrogen) atoms. The zero-order valence-electron chi connectivity index (χ0n) is 12.1. The van der Waals surface area contributed by atoms with Gasteiger partial charge in [0.25, 0.3) is 5.91 Å². The van der Waals surface area contributed by atoms with Crippen molar-refractivity contribution in [2.75, 3.05) is 20.3 Å². The van der Waals surface area contributed by atoms with Gasteiger partial charge in [0, 0.05) is 25.3 Å². The number of nitrogens with one attached hydrogen (secondary N) is 1. The first-order valence-electron chi connectivity index (χ1n) is 6.36. The Morgan fingerprint density at radius 3 is 2.80 bits per heavy atom. The molecule has 0 unspecified atom stereocenters. The predicted molar refractivity (Wildman–Crippen MR) is 76.2 cm³/mol. The lowest BCUT2D eigenvalue weighted by Crippen LogP contribution is -2.47. The van der Waals surface area contributed by atoms with Crippen LogP contribution in [0.25, 0.3) is 0 Å². The highest BCUT2D eigenvalue weighted by Gasteiger charge is 2.21. The fourth-order valence-electron chi connectivity index (χ4n) is 1.59. The lowest BCUT2D eigenvalue weighted by Gasteiger charge is -2.24. The van der Waals surface area contributed by atoms with Gasteiger partial charge in [0.15, 0.2) is 0 Å². The standard InChI is InChI=1S/C15H20N2O3/c1-15(2,11-20-3)17-14(19)13-8-7-12(10-16-13)6-4-5-9-18/h7-8,10,18H,5,9,11H2,1-3H3,(H,17,19). The maximum Gasteiger partial charge on any atom is 0.270 e. The molecule has 0 aliphatic heterocycles. The minimum atomic E-state index is -0.451. The van der Waals surface area contributed by atoms with Crippen LogP contribution in [0, 0.1) is 11.8 Å². The number of carbonyl (C=O) groups is 1. The van der Waals surface area contributed by atoms with Crippen LogP contribution in [0.4, 0.5) is 0 Å². The Labute approximate surface area is 119 Å². The Morgan fingerprint density at radius 2 is 2.25 bits per heavy atom. The van der Waals surface area contributed by atoms with E-state index in [1.54, 1.807) is 25.4 Å². The Balaban J connectivity index is 2.69. The summed E-state index contributed by atoms with van der Waals surface area (Å²) in [5.74, 6) is 5.41. The van der Waals surface area contributed by atoms with Crippen molar-refractivity contribution < 1.29 is 14.6 Å². The number of aromatic nitrogens is 1. The number of ether oxygens (including phenoxy) is 1. The molecule has 0 atom stereocenters. The van der Waals surface area contributed by atoms with E-state index in [0.717, 1.165) is 0 Å². The molecule has 1 aromatic rings. The predicted octanol–water partition coefficient (Wildman–Crippen LogP) is 0.970. The first-order chi connectivity index (χ1) is 9.48. The van der Waals surface area contributed by atoms with Gasteiger partial charge in [-0.2, -0.15) is 0 Å². The van der Waals surface area contributed by atoms with Crippen molar-refractivity contribution in [2.45, 2.75) is 25.8 Å². The van der Waals surface area contributed by atoms with Gasteiger partial charge in [-0.1, -0.05) is 11.8 Å². The van der Waals surface area contributed by atoms with E-state index in [9.17, 15) is 4.79 Å². The summed E-state index contributed by atoms with van der Waals surface area (Å²) in [4.78, 5) is 16.1. The molecule has 0 saturated heterocycles. The molecule has 0 fully saturated rings. The van der Waals surface area contributed by atoms with Crippen LogP contribution < -0.4 is 5.32 Å². The van der Waals surface area contributed by atoms with Crippen LogP contribution in [-0.4, -0.2) is 41.9 Å². The first-order valence-corrected chi connectivity index (χ1v) is 6.36. The third-order valence-electron chi connectivity index (χ3n) is 2.42. The number of amides is 1. The minimum Gasteiger partial charge on any atom is -0.395 e. The van der Waals surface area contributed by atoms with Crippen LogP contribution in [-0.2, 0) is 4.74 Å². The van der Waals surface area contributed by atoms with E-state index >= 15 is 0 Å². The monoisotopic (exact) mass is 276 g/mol. The van der Waals surface area contributed by atoms with Gasteiger partial charge < -0.3 is 15.2 Å². The van der Waals surface area contributed by atoms with Gasteiger partial charge in [0.2, 0.25) is 0 Å². The van der Waals surface area contributed by atoms with Crippen LogP contribution in [0.2, 0.25) is 0 Å².